The van der Waals surface area contributed by atoms with Crippen LogP contribution >= 0.6 is 11.6 Å². The molecule has 2 amide bonds. The van der Waals surface area contributed by atoms with E-state index in [9.17, 15) is 9.59 Å². The number of nitrogens with one attached hydrogen (secondary N) is 1. The molecule has 0 aromatic carbocycles. The van der Waals surface area contributed by atoms with Crippen LogP contribution in [0.15, 0.2) is 24.4 Å². The summed E-state index contributed by atoms with van der Waals surface area (Å²) in [4.78, 5) is 28.8. The zero-order chi connectivity index (χ0) is 17.8. The number of aromatic nitrogens is 3. The normalized spacial score (nSPS) is 13.9. The van der Waals surface area contributed by atoms with Gasteiger partial charge in [0.1, 0.15) is 5.15 Å². The average molecular weight is 364 g/mol. The minimum absolute atomic E-state index is 0.0459. The van der Waals surface area contributed by atoms with Crippen molar-refractivity contribution >= 4 is 29.3 Å². The van der Waals surface area contributed by atoms with Gasteiger partial charge in [-0.25, -0.2) is 9.78 Å². The number of carboxylic acid groups (broad SMARTS) is 1. The summed E-state index contributed by atoms with van der Waals surface area (Å²) < 4.78 is 1.86. The summed E-state index contributed by atoms with van der Waals surface area (Å²) in [6.45, 7) is 1.74. The number of hydrogen-bond donors (Lipinski definition) is 2. The van der Waals surface area contributed by atoms with E-state index >= 15 is 0 Å². The van der Waals surface area contributed by atoms with E-state index in [4.69, 9.17) is 16.7 Å². The highest BCUT2D eigenvalue weighted by Gasteiger charge is 2.21. The first-order valence-corrected chi connectivity index (χ1v) is 8.34. The topological polar surface area (TPSA) is 100 Å². The van der Waals surface area contributed by atoms with Crippen LogP contribution in [0, 0.1) is 0 Å². The number of carboxylic acids is 1. The maximum Gasteiger partial charge on any atom is 0.322 e. The van der Waals surface area contributed by atoms with Crippen molar-refractivity contribution in [1.82, 2.24) is 19.7 Å². The van der Waals surface area contributed by atoms with E-state index in [2.05, 4.69) is 15.4 Å². The molecule has 132 valence electrons. The Hall–Kier alpha value is -2.61. The molecule has 8 nitrogen and oxygen atoms in total. The van der Waals surface area contributed by atoms with E-state index < -0.39 is 5.97 Å². The van der Waals surface area contributed by atoms with E-state index in [1.165, 1.54) is 6.20 Å². The van der Waals surface area contributed by atoms with Crippen LogP contribution in [0.5, 0.6) is 0 Å². The van der Waals surface area contributed by atoms with Crippen molar-refractivity contribution in [2.75, 3.05) is 11.9 Å². The van der Waals surface area contributed by atoms with Gasteiger partial charge < -0.3 is 15.3 Å². The summed E-state index contributed by atoms with van der Waals surface area (Å²) in [5.74, 6) is -0.847. The Labute approximate surface area is 149 Å². The highest BCUT2D eigenvalue weighted by molar-refractivity contribution is 6.29. The quantitative estimate of drug-likeness (QED) is 0.812. The molecular weight excluding hydrogens is 346 g/mol. The standard InChI is InChI=1S/C16H18ClN5O3/c17-14-4-2-12(9-18-14)19-16(25)21-6-1-7-22-13(10-21)8-11(20-22)3-5-15(23)24/h2,4,8-9H,1,3,5-7,10H2,(H,19,25)(H,23,24). The van der Waals surface area contributed by atoms with Gasteiger partial charge in [0.2, 0.25) is 0 Å². The van der Waals surface area contributed by atoms with Gasteiger partial charge in [0, 0.05) is 19.5 Å². The number of anilines is 1. The summed E-state index contributed by atoms with van der Waals surface area (Å²) in [6, 6.07) is 4.96. The third kappa shape index (κ3) is 4.48. The fraction of sp³-hybridized carbons (Fsp3) is 0.375. The van der Waals surface area contributed by atoms with Crippen molar-refractivity contribution in [3.8, 4) is 0 Å². The van der Waals surface area contributed by atoms with Gasteiger partial charge in [-0.15, -0.1) is 0 Å². The lowest BCUT2D eigenvalue weighted by Crippen LogP contribution is -2.34. The van der Waals surface area contributed by atoms with Gasteiger partial charge in [-0.3, -0.25) is 9.48 Å². The molecule has 2 aromatic heterocycles. The van der Waals surface area contributed by atoms with Crippen molar-refractivity contribution in [3.63, 3.8) is 0 Å². The first-order valence-electron chi connectivity index (χ1n) is 7.96. The van der Waals surface area contributed by atoms with Gasteiger partial charge >= 0.3 is 12.0 Å². The number of urea groups is 1. The van der Waals surface area contributed by atoms with Crippen LogP contribution in [0.2, 0.25) is 5.15 Å². The Morgan fingerprint density at radius 3 is 2.88 bits per heavy atom. The summed E-state index contributed by atoms with van der Waals surface area (Å²) >= 11 is 5.74. The lowest BCUT2D eigenvalue weighted by Gasteiger charge is -2.20. The van der Waals surface area contributed by atoms with E-state index in [1.807, 2.05) is 10.7 Å². The minimum Gasteiger partial charge on any atom is -0.481 e. The summed E-state index contributed by atoms with van der Waals surface area (Å²) in [5.41, 5.74) is 2.22. The van der Waals surface area contributed by atoms with Crippen LogP contribution in [0.1, 0.15) is 24.2 Å². The molecule has 0 fully saturated rings. The predicted molar refractivity (Wildman–Crippen MR) is 91.5 cm³/mol. The maximum absolute atomic E-state index is 12.5. The fourth-order valence-corrected chi connectivity index (χ4v) is 2.82. The Bertz CT molecular complexity index is 775. The number of fused-ring (bicyclic) bond motifs is 1. The predicted octanol–water partition coefficient (Wildman–Crippen LogP) is 2.39. The van der Waals surface area contributed by atoms with Gasteiger partial charge in [0.05, 0.1) is 36.2 Å². The Morgan fingerprint density at radius 1 is 1.32 bits per heavy atom. The Kier molecular flexibility index (Phi) is 5.18. The summed E-state index contributed by atoms with van der Waals surface area (Å²) in [7, 11) is 0. The number of rotatable bonds is 4. The number of halogens is 1. The molecule has 0 spiro atoms. The number of amides is 2. The Balaban J connectivity index is 1.66. The molecule has 25 heavy (non-hydrogen) atoms. The van der Waals surface area contributed by atoms with Crippen molar-refractivity contribution in [2.24, 2.45) is 0 Å². The van der Waals surface area contributed by atoms with Crippen LogP contribution in [-0.4, -0.2) is 43.3 Å². The maximum atomic E-state index is 12.5. The molecule has 0 atom stereocenters. The number of aryl methyl sites for hydroxylation is 2. The molecular formula is C16H18ClN5O3. The summed E-state index contributed by atoms with van der Waals surface area (Å²) in [5, 5.41) is 16.4. The van der Waals surface area contributed by atoms with Gasteiger partial charge in [0.15, 0.2) is 0 Å². The van der Waals surface area contributed by atoms with E-state index in [1.54, 1.807) is 17.0 Å². The summed E-state index contributed by atoms with van der Waals surface area (Å²) in [6.07, 6.45) is 2.72. The van der Waals surface area contributed by atoms with Gasteiger partial charge in [-0.1, -0.05) is 11.6 Å². The number of aliphatic carboxylic acids is 1. The molecule has 0 unspecified atom stereocenters. The van der Waals surface area contributed by atoms with Gasteiger partial charge in [-0.2, -0.15) is 5.10 Å². The second-order valence-electron chi connectivity index (χ2n) is 5.82. The number of carbonyl (C=O) groups is 2. The number of hydrogen-bond acceptors (Lipinski definition) is 4. The van der Waals surface area contributed by atoms with Gasteiger partial charge in [0.25, 0.3) is 0 Å². The SMILES string of the molecule is O=C(O)CCc1cc2n(n1)CCCN(C(=O)Nc1ccc(Cl)nc1)C2. The molecule has 2 aromatic rings. The number of nitrogens with zero attached hydrogens (tertiary/aromatic N) is 4. The lowest BCUT2D eigenvalue weighted by molar-refractivity contribution is -0.136. The van der Waals surface area contributed by atoms with Crippen LogP contribution in [0.3, 0.4) is 0 Å². The Morgan fingerprint density at radius 2 is 2.16 bits per heavy atom. The van der Waals surface area contributed by atoms with Crippen molar-refractivity contribution in [1.29, 1.82) is 0 Å². The molecule has 3 heterocycles. The lowest BCUT2D eigenvalue weighted by atomic mass is 10.2. The molecule has 0 saturated carbocycles. The first-order chi connectivity index (χ1) is 12.0. The molecule has 0 aliphatic carbocycles. The van der Waals surface area contributed by atoms with E-state index in [0.717, 1.165) is 17.8 Å². The van der Waals surface area contributed by atoms with Gasteiger partial charge in [-0.05, 0) is 24.6 Å². The first kappa shape index (κ1) is 17.2. The monoisotopic (exact) mass is 363 g/mol. The molecule has 3 rings (SSSR count). The van der Waals surface area contributed by atoms with E-state index in [-0.39, 0.29) is 12.5 Å². The molecule has 2 N–H and O–H groups in total. The zero-order valence-corrected chi connectivity index (χ0v) is 14.2. The molecule has 0 bridgehead atoms. The highest BCUT2D eigenvalue weighted by Crippen LogP contribution is 2.17. The smallest absolute Gasteiger partial charge is 0.322 e. The van der Waals surface area contributed by atoms with Crippen molar-refractivity contribution in [3.05, 3.63) is 40.9 Å². The zero-order valence-electron chi connectivity index (χ0n) is 13.5. The van der Waals surface area contributed by atoms with Crippen molar-refractivity contribution < 1.29 is 14.7 Å². The number of pyridine rings is 1. The van der Waals surface area contributed by atoms with Crippen LogP contribution < -0.4 is 5.32 Å². The second-order valence-corrected chi connectivity index (χ2v) is 6.21. The third-order valence-corrected chi connectivity index (χ3v) is 4.15. The fourth-order valence-electron chi connectivity index (χ4n) is 2.70. The van der Waals surface area contributed by atoms with Crippen LogP contribution in [0.4, 0.5) is 10.5 Å². The minimum atomic E-state index is -0.847. The molecule has 0 saturated heterocycles. The molecule has 1 aliphatic rings. The third-order valence-electron chi connectivity index (χ3n) is 3.93. The van der Waals surface area contributed by atoms with Crippen LogP contribution in [0.25, 0.3) is 0 Å². The highest BCUT2D eigenvalue weighted by atomic mass is 35.5. The van der Waals surface area contributed by atoms with Crippen LogP contribution in [-0.2, 0) is 24.3 Å². The largest absolute Gasteiger partial charge is 0.481 e. The number of carbonyl (C=O) groups excluding carboxylic acids is 1. The molecule has 0 radical (unpaired) electrons. The molecule has 9 heteroatoms. The molecule has 1 aliphatic heterocycles. The van der Waals surface area contributed by atoms with Crippen molar-refractivity contribution in [2.45, 2.75) is 32.4 Å². The second kappa shape index (κ2) is 7.52. The average Bonchev–Trinajstić information content (AvgIpc) is 2.85. The van der Waals surface area contributed by atoms with E-state index in [0.29, 0.717) is 36.9 Å².